The van der Waals surface area contributed by atoms with Gasteiger partial charge in [-0.05, 0) is 35.9 Å². The lowest BCUT2D eigenvalue weighted by molar-refractivity contribution is -0.384. The molecule has 2 aliphatic heterocycles. The van der Waals surface area contributed by atoms with Crippen molar-refractivity contribution in [2.24, 2.45) is 5.10 Å². The SMILES string of the molecule is CN1C(=CC=C2C(=O)N(c3ccc([N+](=O)[O-])cc3)N=C2C(F)(F)F)C(C)(C)c2ccccc21. The summed E-state index contributed by atoms with van der Waals surface area (Å²) in [7, 11) is 1.82. The van der Waals surface area contributed by atoms with Gasteiger partial charge in [-0.2, -0.15) is 23.3 Å². The van der Waals surface area contributed by atoms with Crippen LogP contribution in [-0.4, -0.2) is 29.8 Å². The lowest BCUT2D eigenvalue weighted by atomic mass is 9.83. The number of allylic oxidation sites excluding steroid dienone is 3. The number of para-hydroxylation sites is 1. The zero-order valence-corrected chi connectivity index (χ0v) is 17.9. The number of likely N-dealkylation sites (N-methyl/N-ethyl adjacent to an activating group) is 1. The van der Waals surface area contributed by atoms with Gasteiger partial charge >= 0.3 is 6.18 Å². The number of nitro benzene ring substituents is 1. The summed E-state index contributed by atoms with van der Waals surface area (Å²) >= 11 is 0. The molecule has 0 atom stereocenters. The van der Waals surface area contributed by atoms with E-state index < -0.39 is 33.7 Å². The Bertz CT molecular complexity index is 1240. The number of benzene rings is 2. The number of hydrazone groups is 1. The summed E-state index contributed by atoms with van der Waals surface area (Å²) in [4.78, 5) is 25.0. The first-order valence-corrected chi connectivity index (χ1v) is 9.93. The Hall–Kier alpha value is -3.95. The highest BCUT2D eigenvalue weighted by molar-refractivity contribution is 6.32. The van der Waals surface area contributed by atoms with Crippen molar-refractivity contribution < 1.29 is 22.9 Å². The molecule has 2 aliphatic rings. The van der Waals surface area contributed by atoms with Gasteiger partial charge in [-0.1, -0.05) is 32.0 Å². The first kappa shape index (κ1) is 22.3. The molecule has 0 spiro atoms. The largest absolute Gasteiger partial charge is 0.435 e. The summed E-state index contributed by atoms with van der Waals surface area (Å²) in [5, 5.41) is 14.9. The van der Waals surface area contributed by atoms with Gasteiger partial charge in [0.1, 0.15) is 0 Å². The number of carbonyl (C=O) groups excluding carboxylic acids is 1. The van der Waals surface area contributed by atoms with Crippen molar-refractivity contribution in [3.63, 3.8) is 0 Å². The van der Waals surface area contributed by atoms with Gasteiger partial charge in [0.05, 0.1) is 16.2 Å². The van der Waals surface area contributed by atoms with E-state index in [4.69, 9.17) is 0 Å². The number of carbonyl (C=O) groups is 1. The number of amides is 1. The maximum absolute atomic E-state index is 13.7. The van der Waals surface area contributed by atoms with Gasteiger partial charge in [0.25, 0.3) is 11.6 Å². The van der Waals surface area contributed by atoms with Crippen molar-refractivity contribution in [1.82, 2.24) is 0 Å². The summed E-state index contributed by atoms with van der Waals surface area (Å²) in [6, 6.07) is 12.2. The Morgan fingerprint density at radius 2 is 1.70 bits per heavy atom. The number of nitro groups is 1. The van der Waals surface area contributed by atoms with E-state index in [0.29, 0.717) is 5.01 Å². The Labute approximate surface area is 187 Å². The molecular weight excluding hydrogens is 437 g/mol. The molecule has 0 N–H and O–H groups in total. The van der Waals surface area contributed by atoms with Crippen molar-refractivity contribution >= 4 is 28.7 Å². The molecule has 0 aromatic heterocycles. The Balaban J connectivity index is 1.75. The maximum Gasteiger partial charge on any atom is 0.435 e. The maximum atomic E-state index is 13.7. The molecule has 4 rings (SSSR count). The van der Waals surface area contributed by atoms with Crippen LogP contribution in [0.1, 0.15) is 19.4 Å². The number of alkyl halides is 3. The quantitative estimate of drug-likeness (QED) is 0.366. The zero-order chi connectivity index (χ0) is 24.1. The van der Waals surface area contributed by atoms with Gasteiger partial charge in [0, 0.05) is 36.0 Å². The Morgan fingerprint density at radius 3 is 2.27 bits per heavy atom. The van der Waals surface area contributed by atoms with Gasteiger partial charge in [-0.3, -0.25) is 14.9 Å². The molecule has 0 fully saturated rings. The van der Waals surface area contributed by atoms with Crippen molar-refractivity contribution in [2.75, 3.05) is 17.0 Å². The third kappa shape index (κ3) is 3.67. The van der Waals surface area contributed by atoms with E-state index in [1.54, 1.807) is 0 Å². The molecule has 33 heavy (non-hydrogen) atoms. The van der Waals surface area contributed by atoms with Crippen LogP contribution in [0.3, 0.4) is 0 Å². The minimum atomic E-state index is -4.87. The minimum absolute atomic E-state index is 0.00544. The molecule has 0 unspecified atom stereocenters. The van der Waals surface area contributed by atoms with E-state index >= 15 is 0 Å². The second kappa shape index (κ2) is 7.58. The molecule has 1 amide bonds. The third-order valence-corrected chi connectivity index (χ3v) is 5.80. The van der Waals surface area contributed by atoms with Crippen LogP contribution in [-0.2, 0) is 10.2 Å². The Morgan fingerprint density at radius 1 is 1.06 bits per heavy atom. The lowest BCUT2D eigenvalue weighted by Gasteiger charge is -2.23. The predicted molar refractivity (Wildman–Crippen MR) is 118 cm³/mol. The number of hydrogen-bond donors (Lipinski definition) is 0. The van der Waals surface area contributed by atoms with Crippen LogP contribution in [0.2, 0.25) is 0 Å². The van der Waals surface area contributed by atoms with E-state index in [9.17, 15) is 28.1 Å². The van der Waals surface area contributed by atoms with Crippen LogP contribution in [0, 0.1) is 10.1 Å². The summed E-state index contributed by atoms with van der Waals surface area (Å²) in [6.45, 7) is 3.91. The summed E-state index contributed by atoms with van der Waals surface area (Å²) in [6.07, 6.45) is -2.22. The number of halogens is 3. The highest BCUT2D eigenvalue weighted by Gasteiger charge is 2.47. The van der Waals surface area contributed by atoms with E-state index in [1.165, 1.54) is 18.2 Å². The number of anilines is 2. The molecule has 10 heteroatoms. The van der Waals surface area contributed by atoms with Gasteiger partial charge in [0.2, 0.25) is 0 Å². The lowest BCUT2D eigenvalue weighted by Crippen LogP contribution is -2.26. The average molecular weight is 456 g/mol. The van der Waals surface area contributed by atoms with Gasteiger partial charge in [-0.25, -0.2) is 0 Å². The molecule has 7 nitrogen and oxygen atoms in total. The zero-order valence-electron chi connectivity index (χ0n) is 17.9. The van der Waals surface area contributed by atoms with Crippen LogP contribution in [0.4, 0.5) is 30.2 Å². The fourth-order valence-corrected chi connectivity index (χ4v) is 4.13. The fraction of sp³-hybridized carbons (Fsp3) is 0.217. The van der Waals surface area contributed by atoms with Crippen molar-refractivity contribution in [3.05, 3.63) is 87.6 Å². The highest BCUT2D eigenvalue weighted by atomic mass is 19.4. The number of non-ortho nitro benzene ring substituents is 1. The van der Waals surface area contributed by atoms with Gasteiger partial charge in [-0.15, -0.1) is 0 Å². The van der Waals surface area contributed by atoms with E-state index in [1.807, 2.05) is 50.1 Å². The molecule has 0 radical (unpaired) electrons. The second-order valence-corrected chi connectivity index (χ2v) is 8.17. The van der Waals surface area contributed by atoms with E-state index in [0.717, 1.165) is 35.2 Å². The molecule has 170 valence electrons. The normalized spacial score (nSPS) is 19.9. The first-order chi connectivity index (χ1) is 15.4. The number of hydrogen-bond acceptors (Lipinski definition) is 5. The van der Waals surface area contributed by atoms with Crippen LogP contribution < -0.4 is 9.91 Å². The van der Waals surface area contributed by atoms with Gasteiger partial charge < -0.3 is 4.90 Å². The molecule has 0 saturated heterocycles. The molecule has 2 aromatic carbocycles. The predicted octanol–water partition coefficient (Wildman–Crippen LogP) is 5.10. The summed E-state index contributed by atoms with van der Waals surface area (Å²) < 4.78 is 41.1. The van der Waals surface area contributed by atoms with Crippen LogP contribution in [0.15, 0.2) is 77.1 Å². The molecule has 0 saturated carbocycles. The molecule has 0 aliphatic carbocycles. The van der Waals surface area contributed by atoms with Crippen LogP contribution >= 0.6 is 0 Å². The monoisotopic (exact) mass is 456 g/mol. The van der Waals surface area contributed by atoms with Gasteiger partial charge in [0.15, 0.2) is 5.71 Å². The van der Waals surface area contributed by atoms with E-state index in [-0.39, 0.29) is 11.4 Å². The Kier molecular flexibility index (Phi) is 5.11. The number of rotatable bonds is 3. The van der Waals surface area contributed by atoms with Crippen molar-refractivity contribution in [1.29, 1.82) is 0 Å². The summed E-state index contributed by atoms with van der Waals surface area (Å²) in [5.74, 6) is -0.969. The minimum Gasteiger partial charge on any atom is -0.347 e. The van der Waals surface area contributed by atoms with Crippen LogP contribution in [0.25, 0.3) is 0 Å². The average Bonchev–Trinajstić information content (AvgIpc) is 3.19. The highest BCUT2D eigenvalue weighted by Crippen LogP contribution is 2.46. The third-order valence-electron chi connectivity index (χ3n) is 5.80. The number of fused-ring (bicyclic) bond motifs is 1. The summed E-state index contributed by atoms with van der Waals surface area (Å²) in [5.41, 5.74) is 0.00399. The van der Waals surface area contributed by atoms with Crippen molar-refractivity contribution in [2.45, 2.75) is 25.4 Å². The second-order valence-electron chi connectivity index (χ2n) is 8.17. The fourth-order valence-electron chi connectivity index (χ4n) is 4.13. The number of nitrogens with zero attached hydrogens (tertiary/aromatic N) is 4. The first-order valence-electron chi connectivity index (χ1n) is 9.93. The standard InChI is InChI=1S/C23H19F3N4O3/c1-22(2)17-6-4-5-7-18(17)28(3)19(22)13-12-16-20(23(24,25)26)27-29(21(16)31)14-8-10-15(11-9-14)30(32)33/h4-13H,1-3H3. The molecule has 0 bridgehead atoms. The van der Waals surface area contributed by atoms with E-state index in [2.05, 4.69) is 5.10 Å². The molecular formula is C23H19F3N4O3. The molecule has 2 heterocycles. The topological polar surface area (TPSA) is 79.0 Å². The van der Waals surface area contributed by atoms with Crippen LogP contribution in [0.5, 0.6) is 0 Å². The smallest absolute Gasteiger partial charge is 0.347 e. The van der Waals surface area contributed by atoms with Crippen molar-refractivity contribution in [3.8, 4) is 0 Å². The molecule has 2 aromatic rings.